The van der Waals surface area contributed by atoms with Crippen LogP contribution in [0.1, 0.15) is 45.0 Å². The lowest BCUT2D eigenvalue weighted by atomic mass is 10.0. The fourth-order valence-electron chi connectivity index (χ4n) is 4.33. The molecular weight excluding hydrogens is 561 g/mol. The van der Waals surface area contributed by atoms with Crippen LogP contribution in [-0.4, -0.2) is 27.8 Å². The van der Waals surface area contributed by atoms with Crippen LogP contribution in [0.5, 0.6) is 0 Å². The van der Waals surface area contributed by atoms with Gasteiger partial charge < -0.3 is 15.4 Å². The van der Waals surface area contributed by atoms with Crippen LogP contribution in [-0.2, 0) is 15.7 Å². The van der Waals surface area contributed by atoms with E-state index in [1.54, 1.807) is 66.7 Å². The fraction of sp³-hybridized carbons (Fsp3) is 0.0938. The Hall–Kier alpha value is -5.58. The Morgan fingerprint density at radius 1 is 0.837 bits per heavy atom. The molecule has 0 saturated carbocycles. The third kappa shape index (κ3) is 6.84. The van der Waals surface area contributed by atoms with Crippen molar-refractivity contribution in [3.63, 3.8) is 0 Å². The molecule has 1 atom stereocenters. The lowest BCUT2D eigenvalue weighted by Crippen LogP contribution is -2.31. The quantitative estimate of drug-likeness (QED) is 0.166. The van der Waals surface area contributed by atoms with Crippen molar-refractivity contribution >= 4 is 34.5 Å². The average molecular weight is 585 g/mol. The Balaban J connectivity index is 1.33. The number of nitrogens with one attached hydrogen (secondary N) is 2. The van der Waals surface area contributed by atoms with E-state index in [0.29, 0.717) is 27.6 Å². The number of fused-ring (bicyclic) bond motifs is 1. The zero-order chi connectivity index (χ0) is 30.6. The summed E-state index contributed by atoms with van der Waals surface area (Å²) in [6, 6.07) is 24.3. The van der Waals surface area contributed by atoms with E-state index in [9.17, 15) is 27.6 Å². The van der Waals surface area contributed by atoms with Crippen LogP contribution in [0.2, 0.25) is 0 Å². The van der Waals surface area contributed by atoms with E-state index < -0.39 is 35.8 Å². The number of ether oxygens (including phenoxy) is 1. The van der Waals surface area contributed by atoms with Gasteiger partial charge in [0.15, 0.2) is 0 Å². The van der Waals surface area contributed by atoms with Gasteiger partial charge in [0.2, 0.25) is 6.23 Å². The van der Waals surface area contributed by atoms with Crippen molar-refractivity contribution in [3.05, 3.63) is 126 Å². The van der Waals surface area contributed by atoms with Crippen molar-refractivity contribution in [3.8, 4) is 11.3 Å². The number of carbonyl (C=O) groups is 3. The standard InChI is InChI=1S/C32H23F3N4O4/c1-19(40)43-31(21-6-3-2-4-7-21)39-29(41)23-11-15-26-22(18-23)12-16-27(37-26)38-30(42)25-8-5-17-36-28(25)20-9-13-24(14-10-20)32(33,34)35/h2-18,31H,1H3,(H,39,41)(H,37,38,42)/t31-/m0/s1. The fourth-order valence-corrected chi connectivity index (χ4v) is 4.33. The highest BCUT2D eigenvalue weighted by Gasteiger charge is 2.30. The molecule has 43 heavy (non-hydrogen) atoms. The molecule has 0 aliphatic heterocycles. The van der Waals surface area contributed by atoms with E-state index in [0.717, 1.165) is 12.1 Å². The van der Waals surface area contributed by atoms with E-state index in [2.05, 4.69) is 20.6 Å². The number of pyridine rings is 2. The second-order valence-electron chi connectivity index (χ2n) is 9.41. The van der Waals surface area contributed by atoms with Crippen molar-refractivity contribution in [2.24, 2.45) is 0 Å². The zero-order valence-electron chi connectivity index (χ0n) is 22.6. The molecule has 0 unspecified atom stereocenters. The smallest absolute Gasteiger partial charge is 0.416 e. The second-order valence-corrected chi connectivity index (χ2v) is 9.41. The lowest BCUT2D eigenvalue weighted by Gasteiger charge is -2.19. The first-order valence-electron chi connectivity index (χ1n) is 13.0. The number of nitrogens with zero attached hydrogens (tertiary/aromatic N) is 2. The monoisotopic (exact) mass is 584 g/mol. The normalized spacial score (nSPS) is 11.9. The number of anilines is 1. The van der Waals surface area contributed by atoms with Gasteiger partial charge in [-0.1, -0.05) is 42.5 Å². The molecule has 0 aliphatic rings. The minimum absolute atomic E-state index is 0.150. The Bertz CT molecular complexity index is 1810. The summed E-state index contributed by atoms with van der Waals surface area (Å²) in [5.74, 6) is -1.36. The van der Waals surface area contributed by atoms with Crippen molar-refractivity contribution < 1.29 is 32.3 Å². The van der Waals surface area contributed by atoms with Crippen molar-refractivity contribution in [2.75, 3.05) is 5.32 Å². The number of benzene rings is 3. The maximum Gasteiger partial charge on any atom is 0.416 e. The molecule has 0 saturated heterocycles. The second kappa shape index (κ2) is 12.1. The maximum atomic E-state index is 13.2. The molecule has 8 nitrogen and oxygen atoms in total. The summed E-state index contributed by atoms with van der Waals surface area (Å²) < 4.78 is 44.2. The van der Waals surface area contributed by atoms with Gasteiger partial charge in [-0.3, -0.25) is 19.4 Å². The highest BCUT2D eigenvalue weighted by molar-refractivity contribution is 6.08. The number of alkyl halides is 3. The molecule has 2 heterocycles. The van der Waals surface area contributed by atoms with Crippen molar-refractivity contribution in [2.45, 2.75) is 19.3 Å². The molecular formula is C32H23F3N4O4. The zero-order valence-corrected chi connectivity index (χ0v) is 22.6. The minimum Gasteiger partial charge on any atom is -0.437 e. The summed E-state index contributed by atoms with van der Waals surface area (Å²) in [5, 5.41) is 6.02. The van der Waals surface area contributed by atoms with Crippen LogP contribution in [0.15, 0.2) is 103 Å². The number of halogens is 3. The minimum atomic E-state index is -4.48. The first-order valence-corrected chi connectivity index (χ1v) is 13.0. The van der Waals surface area contributed by atoms with E-state index in [-0.39, 0.29) is 17.1 Å². The Morgan fingerprint density at radius 3 is 2.28 bits per heavy atom. The van der Waals surface area contributed by atoms with Crippen LogP contribution >= 0.6 is 0 Å². The number of carbonyl (C=O) groups excluding carboxylic acids is 3. The summed E-state index contributed by atoms with van der Waals surface area (Å²) in [4.78, 5) is 46.4. The molecule has 5 rings (SSSR count). The summed E-state index contributed by atoms with van der Waals surface area (Å²) in [5.41, 5.74) is 1.30. The molecule has 216 valence electrons. The largest absolute Gasteiger partial charge is 0.437 e. The number of hydrogen-bond acceptors (Lipinski definition) is 6. The third-order valence-electron chi connectivity index (χ3n) is 6.38. The first-order chi connectivity index (χ1) is 20.6. The number of esters is 1. The van der Waals surface area contributed by atoms with Gasteiger partial charge in [-0.05, 0) is 54.6 Å². The summed E-state index contributed by atoms with van der Waals surface area (Å²) in [6.07, 6.45) is -4.01. The number of hydrogen-bond donors (Lipinski definition) is 2. The van der Waals surface area contributed by atoms with E-state index in [1.165, 1.54) is 31.3 Å². The molecule has 11 heteroatoms. The predicted octanol–water partition coefficient (Wildman–Crippen LogP) is 6.56. The molecule has 0 fully saturated rings. The Labute approximate surface area is 243 Å². The van der Waals surface area contributed by atoms with Gasteiger partial charge in [0.1, 0.15) is 5.82 Å². The average Bonchev–Trinajstić information content (AvgIpc) is 3.00. The van der Waals surface area contributed by atoms with Gasteiger partial charge in [-0.25, -0.2) is 4.98 Å². The van der Waals surface area contributed by atoms with Gasteiger partial charge >= 0.3 is 12.1 Å². The van der Waals surface area contributed by atoms with Gasteiger partial charge in [0.05, 0.1) is 22.3 Å². The van der Waals surface area contributed by atoms with Crippen molar-refractivity contribution in [1.29, 1.82) is 0 Å². The van der Waals surface area contributed by atoms with Gasteiger partial charge in [0.25, 0.3) is 11.8 Å². The molecule has 0 aliphatic carbocycles. The third-order valence-corrected chi connectivity index (χ3v) is 6.38. The topological polar surface area (TPSA) is 110 Å². The molecule has 2 N–H and O–H groups in total. The first kappa shape index (κ1) is 28.9. The van der Waals surface area contributed by atoms with Crippen LogP contribution in [0.4, 0.5) is 19.0 Å². The Morgan fingerprint density at radius 2 is 1.58 bits per heavy atom. The summed E-state index contributed by atoms with van der Waals surface area (Å²) >= 11 is 0. The van der Waals surface area contributed by atoms with Crippen LogP contribution < -0.4 is 10.6 Å². The number of amides is 2. The SMILES string of the molecule is CC(=O)O[C@H](NC(=O)c1ccc2nc(NC(=O)c3cccnc3-c3ccc(C(F)(F)F)cc3)ccc2c1)c1ccccc1. The molecule has 0 bridgehead atoms. The lowest BCUT2D eigenvalue weighted by molar-refractivity contribution is -0.147. The number of rotatable bonds is 7. The maximum absolute atomic E-state index is 13.2. The van der Waals surface area contributed by atoms with Crippen LogP contribution in [0, 0.1) is 0 Å². The predicted molar refractivity (Wildman–Crippen MR) is 153 cm³/mol. The summed E-state index contributed by atoms with van der Waals surface area (Å²) in [6.45, 7) is 1.25. The molecule has 2 amide bonds. The number of aromatic nitrogens is 2. The van der Waals surface area contributed by atoms with E-state index in [1.807, 2.05) is 0 Å². The molecule has 3 aromatic carbocycles. The van der Waals surface area contributed by atoms with Crippen LogP contribution in [0.25, 0.3) is 22.2 Å². The molecule has 0 radical (unpaired) electrons. The Kier molecular flexibility index (Phi) is 8.15. The highest BCUT2D eigenvalue weighted by Crippen LogP contribution is 2.31. The molecule has 0 spiro atoms. The van der Waals surface area contributed by atoms with E-state index in [4.69, 9.17) is 4.74 Å². The van der Waals surface area contributed by atoms with Crippen molar-refractivity contribution in [1.82, 2.24) is 15.3 Å². The highest BCUT2D eigenvalue weighted by atomic mass is 19.4. The molecule has 5 aromatic rings. The van der Waals surface area contributed by atoms with Gasteiger partial charge in [-0.2, -0.15) is 13.2 Å². The van der Waals surface area contributed by atoms with Gasteiger partial charge in [-0.15, -0.1) is 0 Å². The van der Waals surface area contributed by atoms with Gasteiger partial charge in [0, 0.05) is 35.2 Å². The molecule has 2 aromatic heterocycles. The van der Waals surface area contributed by atoms with Crippen LogP contribution in [0.3, 0.4) is 0 Å². The van der Waals surface area contributed by atoms with E-state index >= 15 is 0 Å². The summed E-state index contributed by atoms with van der Waals surface area (Å²) in [7, 11) is 0.